The van der Waals surface area contributed by atoms with Crippen LogP contribution in [0.4, 0.5) is 15.8 Å². The normalized spacial score (nSPS) is 10.5. The lowest BCUT2D eigenvalue weighted by molar-refractivity contribution is -0.114. The first-order valence-electron chi connectivity index (χ1n) is 7.10. The lowest BCUT2D eigenvalue weighted by Gasteiger charge is -2.10. The fourth-order valence-corrected chi connectivity index (χ4v) is 2.50. The molecule has 0 saturated carbocycles. The summed E-state index contributed by atoms with van der Waals surface area (Å²) in [6, 6.07) is 17.8. The van der Waals surface area contributed by atoms with Gasteiger partial charge in [0.05, 0.1) is 11.6 Å². The SMILES string of the molecule is O=C(CNc1ccc(F)c(Cl)c1)Nc1cccc2ccccc12. The highest BCUT2D eigenvalue weighted by atomic mass is 35.5. The van der Waals surface area contributed by atoms with Gasteiger partial charge in [0, 0.05) is 16.8 Å². The van der Waals surface area contributed by atoms with Gasteiger partial charge in [0.2, 0.25) is 5.91 Å². The minimum absolute atomic E-state index is 0.0180. The molecule has 0 fully saturated rings. The molecule has 0 saturated heterocycles. The van der Waals surface area contributed by atoms with Crippen LogP contribution in [0.5, 0.6) is 0 Å². The van der Waals surface area contributed by atoms with Gasteiger partial charge >= 0.3 is 0 Å². The van der Waals surface area contributed by atoms with Crippen LogP contribution in [-0.2, 0) is 4.79 Å². The number of anilines is 2. The van der Waals surface area contributed by atoms with Gasteiger partial charge in [0.15, 0.2) is 0 Å². The molecule has 3 nitrogen and oxygen atoms in total. The summed E-state index contributed by atoms with van der Waals surface area (Å²) in [4.78, 5) is 12.1. The standard InChI is InChI=1S/C18H14ClFN2O/c19-15-10-13(8-9-16(15)20)21-11-18(23)22-17-7-3-5-12-4-1-2-6-14(12)17/h1-10,21H,11H2,(H,22,23). The first kappa shape index (κ1) is 15.3. The minimum atomic E-state index is -0.488. The van der Waals surface area contributed by atoms with Gasteiger partial charge in [0.25, 0.3) is 0 Å². The molecule has 0 unspecified atom stereocenters. The zero-order valence-electron chi connectivity index (χ0n) is 12.1. The highest BCUT2D eigenvalue weighted by Crippen LogP contribution is 2.23. The molecule has 2 N–H and O–H groups in total. The number of carbonyl (C=O) groups excluding carboxylic acids is 1. The molecule has 5 heteroatoms. The number of nitrogens with one attached hydrogen (secondary N) is 2. The van der Waals surface area contributed by atoms with Crippen LogP contribution in [0, 0.1) is 5.82 Å². The number of amides is 1. The Labute approximate surface area is 138 Å². The lowest BCUT2D eigenvalue weighted by atomic mass is 10.1. The van der Waals surface area contributed by atoms with Gasteiger partial charge in [-0.3, -0.25) is 4.79 Å². The van der Waals surface area contributed by atoms with Crippen molar-refractivity contribution in [2.75, 3.05) is 17.2 Å². The Kier molecular flexibility index (Phi) is 4.44. The molecule has 0 heterocycles. The average molecular weight is 329 g/mol. The summed E-state index contributed by atoms with van der Waals surface area (Å²) in [5.41, 5.74) is 1.34. The molecule has 0 radical (unpaired) electrons. The molecule has 0 aliphatic carbocycles. The molecule has 3 aromatic carbocycles. The predicted molar refractivity (Wildman–Crippen MR) is 92.5 cm³/mol. The van der Waals surface area contributed by atoms with Crippen LogP contribution >= 0.6 is 11.6 Å². The van der Waals surface area contributed by atoms with Crippen molar-refractivity contribution in [3.8, 4) is 0 Å². The Balaban J connectivity index is 1.68. The van der Waals surface area contributed by atoms with Gasteiger partial charge in [0.1, 0.15) is 5.82 Å². The van der Waals surface area contributed by atoms with E-state index < -0.39 is 5.82 Å². The Bertz CT molecular complexity index is 861. The van der Waals surface area contributed by atoms with E-state index >= 15 is 0 Å². The van der Waals surface area contributed by atoms with Gasteiger partial charge in [-0.2, -0.15) is 0 Å². The van der Waals surface area contributed by atoms with Crippen LogP contribution in [0.2, 0.25) is 5.02 Å². The number of benzene rings is 3. The first-order chi connectivity index (χ1) is 11.1. The van der Waals surface area contributed by atoms with Crippen molar-refractivity contribution in [1.82, 2.24) is 0 Å². The average Bonchev–Trinajstić information content (AvgIpc) is 2.56. The van der Waals surface area contributed by atoms with E-state index in [1.807, 2.05) is 42.5 Å². The van der Waals surface area contributed by atoms with Crippen molar-refractivity contribution in [2.24, 2.45) is 0 Å². The Morgan fingerprint density at radius 2 is 1.83 bits per heavy atom. The van der Waals surface area contributed by atoms with Crippen molar-refractivity contribution in [3.63, 3.8) is 0 Å². The molecular weight excluding hydrogens is 315 g/mol. The maximum absolute atomic E-state index is 13.1. The largest absolute Gasteiger partial charge is 0.376 e. The van der Waals surface area contributed by atoms with Crippen molar-refractivity contribution < 1.29 is 9.18 Å². The summed E-state index contributed by atoms with van der Waals surface area (Å²) in [6.45, 7) is 0.0607. The van der Waals surface area contributed by atoms with E-state index in [9.17, 15) is 9.18 Å². The van der Waals surface area contributed by atoms with Crippen molar-refractivity contribution in [3.05, 3.63) is 71.5 Å². The summed E-state index contributed by atoms with van der Waals surface area (Å²) >= 11 is 5.71. The highest BCUT2D eigenvalue weighted by molar-refractivity contribution is 6.31. The Morgan fingerprint density at radius 1 is 1.04 bits per heavy atom. The molecule has 116 valence electrons. The maximum atomic E-state index is 13.1. The van der Waals surface area contributed by atoms with E-state index in [0.717, 1.165) is 16.5 Å². The molecule has 0 aromatic heterocycles. The number of hydrogen-bond acceptors (Lipinski definition) is 2. The second-order valence-electron chi connectivity index (χ2n) is 5.06. The summed E-state index contributed by atoms with van der Waals surface area (Å²) in [5, 5.41) is 7.85. The van der Waals surface area contributed by atoms with Crippen LogP contribution in [0.3, 0.4) is 0 Å². The molecule has 0 bridgehead atoms. The molecule has 3 aromatic rings. The van der Waals surface area contributed by atoms with Gasteiger partial charge in [-0.05, 0) is 29.7 Å². The van der Waals surface area contributed by atoms with E-state index in [2.05, 4.69) is 10.6 Å². The summed E-state index contributed by atoms with van der Waals surface area (Å²) in [5.74, 6) is -0.681. The topological polar surface area (TPSA) is 41.1 Å². The number of rotatable bonds is 4. The third-order valence-electron chi connectivity index (χ3n) is 3.44. The maximum Gasteiger partial charge on any atom is 0.243 e. The van der Waals surface area contributed by atoms with Crippen LogP contribution < -0.4 is 10.6 Å². The second-order valence-corrected chi connectivity index (χ2v) is 5.46. The third-order valence-corrected chi connectivity index (χ3v) is 3.73. The number of halogens is 2. The Morgan fingerprint density at radius 3 is 2.65 bits per heavy atom. The van der Waals surface area contributed by atoms with Gasteiger partial charge in [-0.25, -0.2) is 4.39 Å². The van der Waals surface area contributed by atoms with Crippen molar-refractivity contribution in [2.45, 2.75) is 0 Å². The minimum Gasteiger partial charge on any atom is -0.376 e. The Hall–Kier alpha value is -2.59. The van der Waals surface area contributed by atoms with Gasteiger partial charge < -0.3 is 10.6 Å². The summed E-state index contributed by atoms with van der Waals surface area (Å²) < 4.78 is 13.1. The number of carbonyl (C=O) groups is 1. The predicted octanol–water partition coefficient (Wildman–Crippen LogP) is 4.68. The quantitative estimate of drug-likeness (QED) is 0.730. The van der Waals surface area contributed by atoms with E-state index in [-0.39, 0.29) is 17.5 Å². The molecule has 0 atom stereocenters. The fourth-order valence-electron chi connectivity index (χ4n) is 2.32. The van der Waals surface area contributed by atoms with Gasteiger partial charge in [-0.15, -0.1) is 0 Å². The lowest BCUT2D eigenvalue weighted by Crippen LogP contribution is -2.21. The van der Waals surface area contributed by atoms with Crippen LogP contribution in [0.1, 0.15) is 0 Å². The molecule has 0 aliphatic heterocycles. The number of hydrogen-bond donors (Lipinski definition) is 2. The molecule has 0 aliphatic rings. The van der Waals surface area contributed by atoms with Crippen molar-refractivity contribution >= 4 is 39.7 Å². The summed E-state index contributed by atoms with van der Waals surface area (Å²) in [7, 11) is 0. The van der Waals surface area contributed by atoms with E-state index in [4.69, 9.17) is 11.6 Å². The molecular formula is C18H14ClFN2O. The molecule has 0 spiro atoms. The molecule has 3 rings (SSSR count). The second kappa shape index (κ2) is 6.67. The third kappa shape index (κ3) is 3.60. The van der Waals surface area contributed by atoms with Crippen LogP contribution in [-0.4, -0.2) is 12.5 Å². The summed E-state index contributed by atoms with van der Waals surface area (Å²) in [6.07, 6.45) is 0. The smallest absolute Gasteiger partial charge is 0.243 e. The zero-order valence-corrected chi connectivity index (χ0v) is 12.9. The zero-order chi connectivity index (χ0) is 16.2. The van der Waals surface area contributed by atoms with Crippen LogP contribution in [0.25, 0.3) is 10.8 Å². The van der Waals surface area contributed by atoms with Gasteiger partial charge in [-0.1, -0.05) is 48.0 Å². The fraction of sp³-hybridized carbons (Fsp3) is 0.0556. The van der Waals surface area contributed by atoms with Crippen molar-refractivity contribution in [1.29, 1.82) is 0 Å². The molecule has 23 heavy (non-hydrogen) atoms. The highest BCUT2D eigenvalue weighted by Gasteiger charge is 2.06. The van der Waals surface area contributed by atoms with E-state index in [1.165, 1.54) is 18.2 Å². The molecule has 1 amide bonds. The number of fused-ring (bicyclic) bond motifs is 1. The first-order valence-corrected chi connectivity index (χ1v) is 7.48. The van der Waals surface area contributed by atoms with Crippen LogP contribution in [0.15, 0.2) is 60.7 Å². The van der Waals surface area contributed by atoms with E-state index in [1.54, 1.807) is 0 Å². The monoisotopic (exact) mass is 328 g/mol. The van der Waals surface area contributed by atoms with E-state index in [0.29, 0.717) is 5.69 Å².